The molecule has 0 amide bonds. The molecule has 4 aromatic rings. The first-order valence-corrected chi connectivity index (χ1v) is 9.56. The van der Waals surface area contributed by atoms with Gasteiger partial charge in [-0.05, 0) is 34.0 Å². The number of hydrogen-bond acceptors (Lipinski definition) is 2. The highest BCUT2D eigenvalue weighted by Crippen LogP contribution is 2.41. The Kier molecular flexibility index (Phi) is 4.16. The van der Waals surface area contributed by atoms with Crippen LogP contribution >= 0.6 is 22.7 Å². The lowest BCUT2D eigenvalue weighted by atomic mass is 9.99. The van der Waals surface area contributed by atoms with Crippen molar-refractivity contribution in [3.8, 4) is 22.3 Å². The third-order valence-corrected chi connectivity index (χ3v) is 6.00. The summed E-state index contributed by atoms with van der Waals surface area (Å²) in [5.41, 5.74) is 6.12. The van der Waals surface area contributed by atoms with Gasteiger partial charge in [-0.2, -0.15) is 0 Å². The zero-order valence-corrected chi connectivity index (χ0v) is 14.7. The van der Waals surface area contributed by atoms with Crippen LogP contribution in [0.3, 0.4) is 0 Å². The smallest absolute Gasteiger partial charge is 0.0429 e. The van der Waals surface area contributed by atoms with Gasteiger partial charge in [0.15, 0.2) is 0 Å². The van der Waals surface area contributed by atoms with E-state index in [1.807, 2.05) is 0 Å². The Morgan fingerprint density at radius 1 is 0.583 bits per heavy atom. The largest absolute Gasteiger partial charge is 0.143 e. The Morgan fingerprint density at radius 2 is 1.00 bits per heavy atom. The van der Waals surface area contributed by atoms with Crippen LogP contribution < -0.4 is 0 Å². The molecule has 0 nitrogen and oxygen atoms in total. The minimum atomic E-state index is 1.11. The van der Waals surface area contributed by atoms with Crippen molar-refractivity contribution in [1.82, 2.24) is 0 Å². The van der Waals surface area contributed by atoms with E-state index in [0.29, 0.717) is 0 Å². The van der Waals surface area contributed by atoms with Crippen LogP contribution in [0, 0.1) is 0 Å². The fraction of sp³-hybridized carbons (Fsp3) is 0. The standard InChI is InChI=1S/C22H16S2/c1-16(21-19(12-14-23-21)17-8-4-2-5-9-17)22-20(13-15-24-22)18-10-6-3-7-11-18/h2-15H,1H2. The molecule has 0 atom stereocenters. The Balaban J connectivity index is 1.78. The van der Waals surface area contributed by atoms with Crippen molar-refractivity contribution in [1.29, 1.82) is 0 Å². The molecule has 0 unspecified atom stereocenters. The maximum atomic E-state index is 4.43. The molecule has 2 heteroatoms. The van der Waals surface area contributed by atoms with E-state index in [0.717, 1.165) is 5.57 Å². The van der Waals surface area contributed by atoms with E-state index in [2.05, 4.69) is 90.1 Å². The molecular weight excluding hydrogens is 328 g/mol. The molecule has 2 aromatic carbocycles. The maximum Gasteiger partial charge on any atom is 0.0429 e. The summed E-state index contributed by atoms with van der Waals surface area (Å²) >= 11 is 3.52. The van der Waals surface area contributed by atoms with E-state index >= 15 is 0 Å². The van der Waals surface area contributed by atoms with Crippen LogP contribution in [-0.4, -0.2) is 0 Å². The zero-order valence-electron chi connectivity index (χ0n) is 13.1. The predicted octanol–water partition coefficient (Wildman–Crippen LogP) is 7.21. The second-order valence-corrected chi connectivity index (χ2v) is 7.37. The molecule has 0 N–H and O–H groups in total. The second-order valence-electron chi connectivity index (χ2n) is 5.54. The van der Waals surface area contributed by atoms with Crippen LogP contribution in [-0.2, 0) is 0 Å². The van der Waals surface area contributed by atoms with Crippen LogP contribution in [0.1, 0.15) is 9.75 Å². The molecule has 0 fully saturated rings. The van der Waals surface area contributed by atoms with Crippen molar-refractivity contribution in [3.63, 3.8) is 0 Å². The predicted molar refractivity (Wildman–Crippen MR) is 108 cm³/mol. The van der Waals surface area contributed by atoms with E-state index in [4.69, 9.17) is 0 Å². The fourth-order valence-corrected chi connectivity index (χ4v) is 4.74. The maximum absolute atomic E-state index is 4.43. The van der Waals surface area contributed by atoms with Gasteiger partial charge in [0.05, 0.1) is 0 Å². The lowest BCUT2D eigenvalue weighted by Crippen LogP contribution is -1.86. The number of thiophene rings is 2. The van der Waals surface area contributed by atoms with E-state index in [9.17, 15) is 0 Å². The van der Waals surface area contributed by atoms with Gasteiger partial charge < -0.3 is 0 Å². The highest BCUT2D eigenvalue weighted by molar-refractivity contribution is 7.14. The SMILES string of the molecule is C=C(c1sccc1-c1ccccc1)c1sccc1-c1ccccc1. The first kappa shape index (κ1) is 15.1. The fourth-order valence-electron chi connectivity index (χ4n) is 2.88. The summed E-state index contributed by atoms with van der Waals surface area (Å²) in [6.45, 7) is 4.43. The number of rotatable bonds is 4. The van der Waals surface area contributed by atoms with Gasteiger partial charge in [0.2, 0.25) is 0 Å². The van der Waals surface area contributed by atoms with E-state index < -0.39 is 0 Å². The summed E-state index contributed by atoms with van der Waals surface area (Å²) < 4.78 is 0. The van der Waals surface area contributed by atoms with E-state index in [1.54, 1.807) is 22.7 Å². The normalized spacial score (nSPS) is 10.7. The molecule has 0 saturated heterocycles. The molecule has 2 aromatic heterocycles. The third-order valence-electron chi connectivity index (χ3n) is 4.05. The van der Waals surface area contributed by atoms with Crippen LogP contribution in [0.2, 0.25) is 0 Å². The molecule has 0 aliphatic carbocycles. The van der Waals surface area contributed by atoms with Gasteiger partial charge in [-0.1, -0.05) is 67.2 Å². The highest BCUT2D eigenvalue weighted by Gasteiger charge is 2.16. The topological polar surface area (TPSA) is 0 Å². The van der Waals surface area contributed by atoms with Crippen molar-refractivity contribution >= 4 is 28.2 Å². The summed E-state index contributed by atoms with van der Waals surface area (Å²) in [5.74, 6) is 0. The average Bonchev–Trinajstić information content (AvgIpc) is 3.32. The highest BCUT2D eigenvalue weighted by atomic mass is 32.1. The molecule has 0 spiro atoms. The monoisotopic (exact) mass is 344 g/mol. The molecule has 4 rings (SSSR count). The van der Waals surface area contributed by atoms with Crippen LogP contribution in [0.25, 0.3) is 27.8 Å². The summed E-state index contributed by atoms with van der Waals surface area (Å²) in [7, 11) is 0. The van der Waals surface area contributed by atoms with Crippen molar-refractivity contribution in [3.05, 3.63) is 99.9 Å². The van der Waals surface area contributed by atoms with Crippen LogP contribution in [0.5, 0.6) is 0 Å². The third kappa shape index (κ3) is 2.75. The molecule has 0 aliphatic rings. The van der Waals surface area contributed by atoms with E-state index in [1.165, 1.54) is 32.0 Å². The lowest BCUT2D eigenvalue weighted by Gasteiger charge is -2.09. The molecule has 24 heavy (non-hydrogen) atoms. The lowest BCUT2D eigenvalue weighted by molar-refractivity contribution is 1.64. The Hall–Kier alpha value is -2.42. The first-order chi connectivity index (χ1) is 11.8. The van der Waals surface area contributed by atoms with Gasteiger partial charge in [-0.25, -0.2) is 0 Å². The Morgan fingerprint density at radius 3 is 1.42 bits per heavy atom. The van der Waals surface area contributed by atoms with Crippen molar-refractivity contribution in [2.75, 3.05) is 0 Å². The molecule has 116 valence electrons. The minimum Gasteiger partial charge on any atom is -0.143 e. The van der Waals surface area contributed by atoms with Gasteiger partial charge >= 0.3 is 0 Å². The zero-order chi connectivity index (χ0) is 16.4. The molecule has 2 heterocycles. The summed E-state index contributed by atoms with van der Waals surface area (Å²) in [5, 5.41) is 4.30. The molecule has 0 saturated carbocycles. The van der Waals surface area contributed by atoms with Crippen molar-refractivity contribution in [2.45, 2.75) is 0 Å². The van der Waals surface area contributed by atoms with Gasteiger partial charge in [0, 0.05) is 26.5 Å². The quantitative estimate of drug-likeness (QED) is 0.367. The first-order valence-electron chi connectivity index (χ1n) is 7.80. The summed E-state index contributed by atoms with van der Waals surface area (Å²) in [4.78, 5) is 2.50. The minimum absolute atomic E-state index is 1.11. The number of benzene rings is 2. The summed E-state index contributed by atoms with van der Waals surface area (Å²) in [6.07, 6.45) is 0. The Labute approximate surface area is 150 Å². The average molecular weight is 345 g/mol. The van der Waals surface area contributed by atoms with Crippen LogP contribution in [0.15, 0.2) is 90.1 Å². The van der Waals surface area contributed by atoms with Gasteiger partial charge in [0.25, 0.3) is 0 Å². The Bertz CT molecular complexity index is 880. The summed E-state index contributed by atoms with van der Waals surface area (Å²) in [6, 6.07) is 25.5. The van der Waals surface area contributed by atoms with Crippen LogP contribution in [0.4, 0.5) is 0 Å². The molecule has 0 radical (unpaired) electrons. The van der Waals surface area contributed by atoms with Crippen molar-refractivity contribution < 1.29 is 0 Å². The van der Waals surface area contributed by atoms with Gasteiger partial charge in [0.1, 0.15) is 0 Å². The second kappa shape index (κ2) is 6.60. The van der Waals surface area contributed by atoms with Crippen molar-refractivity contribution in [2.24, 2.45) is 0 Å². The van der Waals surface area contributed by atoms with Gasteiger partial charge in [-0.3, -0.25) is 0 Å². The van der Waals surface area contributed by atoms with E-state index in [-0.39, 0.29) is 0 Å². The molecular formula is C22H16S2. The number of hydrogen-bond donors (Lipinski definition) is 0. The molecule has 0 bridgehead atoms. The molecule has 0 aliphatic heterocycles. The van der Waals surface area contributed by atoms with Gasteiger partial charge in [-0.15, -0.1) is 22.7 Å².